The average Bonchev–Trinajstić information content (AvgIpc) is 2.95. The van der Waals surface area contributed by atoms with Gasteiger partial charge >= 0.3 is 0 Å². The zero-order chi connectivity index (χ0) is 14.7. The molecule has 0 bridgehead atoms. The number of nitrogens with zero attached hydrogens (tertiary/aromatic N) is 2. The number of aliphatic hydroxyl groups is 1. The molecule has 108 valence electrons. The third-order valence-electron chi connectivity index (χ3n) is 3.21. The van der Waals surface area contributed by atoms with Crippen molar-refractivity contribution in [2.45, 2.75) is 26.0 Å². The number of aliphatic hydroxyl groups excluding tert-OH is 1. The van der Waals surface area contributed by atoms with Crippen molar-refractivity contribution in [3.8, 4) is 11.5 Å². The molecule has 5 nitrogen and oxygen atoms in total. The third kappa shape index (κ3) is 2.63. The van der Waals surface area contributed by atoms with Crippen LogP contribution in [0.15, 0.2) is 30.6 Å². The summed E-state index contributed by atoms with van der Waals surface area (Å²) in [6.07, 6.45) is 2.66. The van der Waals surface area contributed by atoms with Crippen molar-refractivity contribution in [3.05, 3.63) is 41.7 Å². The van der Waals surface area contributed by atoms with Crippen LogP contribution in [0.4, 0.5) is 0 Å². The van der Waals surface area contributed by atoms with E-state index in [9.17, 15) is 5.11 Å². The molecule has 0 aliphatic rings. The summed E-state index contributed by atoms with van der Waals surface area (Å²) in [5, 5.41) is 14.8. The summed E-state index contributed by atoms with van der Waals surface area (Å²) in [6, 6.07) is 5.67. The number of rotatable bonds is 5. The SMILES string of the molecule is COc1cccc(OC)c1C(O)c1cnn(C(C)C)c1. The maximum atomic E-state index is 10.6. The Kier molecular flexibility index (Phi) is 4.29. The minimum Gasteiger partial charge on any atom is -0.496 e. The number of aromatic nitrogens is 2. The lowest BCUT2D eigenvalue weighted by Gasteiger charge is -2.17. The fraction of sp³-hybridized carbons (Fsp3) is 0.400. The van der Waals surface area contributed by atoms with Crippen molar-refractivity contribution < 1.29 is 14.6 Å². The summed E-state index contributed by atoms with van der Waals surface area (Å²) in [5.41, 5.74) is 1.32. The van der Waals surface area contributed by atoms with Crippen molar-refractivity contribution in [2.75, 3.05) is 14.2 Å². The van der Waals surface area contributed by atoms with E-state index in [1.54, 1.807) is 37.2 Å². The van der Waals surface area contributed by atoms with Gasteiger partial charge in [0.2, 0.25) is 0 Å². The van der Waals surface area contributed by atoms with Crippen molar-refractivity contribution >= 4 is 0 Å². The molecule has 2 aromatic rings. The summed E-state index contributed by atoms with van der Waals surface area (Å²) in [7, 11) is 3.14. The van der Waals surface area contributed by atoms with Gasteiger partial charge in [0, 0.05) is 17.8 Å². The molecule has 5 heteroatoms. The molecule has 1 aromatic carbocycles. The van der Waals surface area contributed by atoms with Gasteiger partial charge in [-0.3, -0.25) is 4.68 Å². The van der Waals surface area contributed by atoms with E-state index in [1.807, 2.05) is 26.1 Å². The highest BCUT2D eigenvalue weighted by atomic mass is 16.5. The number of ether oxygens (including phenoxy) is 2. The molecular formula is C15H20N2O3. The molecule has 0 saturated carbocycles. The monoisotopic (exact) mass is 276 g/mol. The molecule has 1 heterocycles. The molecule has 0 radical (unpaired) electrons. The highest BCUT2D eigenvalue weighted by Gasteiger charge is 2.22. The zero-order valence-electron chi connectivity index (χ0n) is 12.2. The smallest absolute Gasteiger partial charge is 0.128 e. The fourth-order valence-corrected chi connectivity index (χ4v) is 2.09. The predicted molar refractivity (Wildman–Crippen MR) is 76.2 cm³/mol. The second-order valence-corrected chi connectivity index (χ2v) is 4.83. The van der Waals surface area contributed by atoms with Crippen LogP contribution < -0.4 is 9.47 Å². The lowest BCUT2D eigenvalue weighted by molar-refractivity contribution is 0.208. The Morgan fingerprint density at radius 3 is 2.20 bits per heavy atom. The van der Waals surface area contributed by atoms with Gasteiger partial charge in [-0.2, -0.15) is 5.10 Å². The first-order chi connectivity index (χ1) is 9.58. The molecule has 1 N–H and O–H groups in total. The first kappa shape index (κ1) is 14.4. The van der Waals surface area contributed by atoms with Gasteiger partial charge in [-0.05, 0) is 26.0 Å². The molecule has 1 unspecified atom stereocenters. The molecule has 0 aliphatic carbocycles. The lowest BCUT2D eigenvalue weighted by Crippen LogP contribution is -2.05. The Bertz CT molecular complexity index is 556. The first-order valence-electron chi connectivity index (χ1n) is 6.51. The van der Waals surface area contributed by atoms with E-state index < -0.39 is 6.10 Å². The third-order valence-corrected chi connectivity index (χ3v) is 3.21. The number of benzene rings is 1. The minimum absolute atomic E-state index is 0.246. The quantitative estimate of drug-likeness (QED) is 0.912. The topological polar surface area (TPSA) is 56.5 Å². The van der Waals surface area contributed by atoms with Gasteiger partial charge in [0.1, 0.15) is 17.6 Å². The first-order valence-corrected chi connectivity index (χ1v) is 6.51. The molecule has 0 aliphatic heterocycles. The molecular weight excluding hydrogens is 256 g/mol. The van der Waals surface area contributed by atoms with E-state index >= 15 is 0 Å². The van der Waals surface area contributed by atoms with Gasteiger partial charge in [-0.15, -0.1) is 0 Å². The Labute approximate surface area is 118 Å². The Balaban J connectivity index is 2.43. The van der Waals surface area contributed by atoms with Crippen LogP contribution in [0, 0.1) is 0 Å². The van der Waals surface area contributed by atoms with Crippen LogP contribution in [0.25, 0.3) is 0 Å². The van der Waals surface area contributed by atoms with Crippen LogP contribution in [0.3, 0.4) is 0 Å². The molecule has 20 heavy (non-hydrogen) atoms. The van der Waals surface area contributed by atoms with Gasteiger partial charge < -0.3 is 14.6 Å². The second-order valence-electron chi connectivity index (χ2n) is 4.83. The highest BCUT2D eigenvalue weighted by Crippen LogP contribution is 2.37. The molecule has 0 spiro atoms. The van der Waals surface area contributed by atoms with E-state index in [1.165, 1.54) is 0 Å². The molecule has 1 aromatic heterocycles. The van der Waals surface area contributed by atoms with Gasteiger partial charge in [-0.25, -0.2) is 0 Å². The van der Waals surface area contributed by atoms with Crippen LogP contribution >= 0.6 is 0 Å². The summed E-state index contributed by atoms with van der Waals surface area (Å²) in [4.78, 5) is 0. The molecule has 0 fully saturated rings. The van der Waals surface area contributed by atoms with Crippen LogP contribution in [-0.4, -0.2) is 29.1 Å². The van der Waals surface area contributed by atoms with Gasteiger partial charge in [-0.1, -0.05) is 6.07 Å². The van der Waals surface area contributed by atoms with Crippen molar-refractivity contribution in [3.63, 3.8) is 0 Å². The van der Waals surface area contributed by atoms with Crippen LogP contribution in [-0.2, 0) is 0 Å². The number of hydrogen-bond acceptors (Lipinski definition) is 4. The van der Waals surface area contributed by atoms with Crippen molar-refractivity contribution in [2.24, 2.45) is 0 Å². The van der Waals surface area contributed by atoms with E-state index in [4.69, 9.17) is 9.47 Å². The van der Waals surface area contributed by atoms with Crippen molar-refractivity contribution in [1.29, 1.82) is 0 Å². The summed E-state index contributed by atoms with van der Waals surface area (Å²) in [5.74, 6) is 1.18. The van der Waals surface area contributed by atoms with Gasteiger partial charge in [0.05, 0.1) is 26.0 Å². The standard InChI is InChI=1S/C15H20N2O3/c1-10(2)17-9-11(8-16-17)15(18)14-12(19-3)6-5-7-13(14)20-4/h5-10,15,18H,1-4H3. The van der Waals surface area contributed by atoms with Gasteiger partial charge in [0.15, 0.2) is 0 Å². The Morgan fingerprint density at radius 2 is 1.75 bits per heavy atom. The van der Waals surface area contributed by atoms with Crippen LogP contribution in [0.5, 0.6) is 11.5 Å². The highest BCUT2D eigenvalue weighted by molar-refractivity contribution is 5.49. The maximum Gasteiger partial charge on any atom is 0.128 e. The van der Waals surface area contributed by atoms with E-state index in [-0.39, 0.29) is 6.04 Å². The Hall–Kier alpha value is -2.01. The van der Waals surface area contributed by atoms with E-state index in [0.29, 0.717) is 22.6 Å². The normalized spacial score (nSPS) is 12.5. The fourth-order valence-electron chi connectivity index (χ4n) is 2.09. The lowest BCUT2D eigenvalue weighted by atomic mass is 10.0. The molecule has 2 rings (SSSR count). The molecule has 0 amide bonds. The maximum absolute atomic E-state index is 10.6. The Morgan fingerprint density at radius 1 is 1.15 bits per heavy atom. The second kappa shape index (κ2) is 5.96. The van der Waals surface area contributed by atoms with Crippen LogP contribution in [0.2, 0.25) is 0 Å². The summed E-state index contributed by atoms with van der Waals surface area (Å²) in [6.45, 7) is 4.07. The predicted octanol–water partition coefficient (Wildman–Crippen LogP) is 2.56. The van der Waals surface area contributed by atoms with E-state index in [0.717, 1.165) is 0 Å². The zero-order valence-corrected chi connectivity index (χ0v) is 12.2. The van der Waals surface area contributed by atoms with Crippen LogP contribution in [0.1, 0.15) is 37.1 Å². The molecule has 0 saturated heterocycles. The van der Waals surface area contributed by atoms with Gasteiger partial charge in [0.25, 0.3) is 0 Å². The minimum atomic E-state index is -0.839. The largest absolute Gasteiger partial charge is 0.496 e. The van der Waals surface area contributed by atoms with E-state index in [2.05, 4.69) is 5.10 Å². The summed E-state index contributed by atoms with van der Waals surface area (Å²) >= 11 is 0. The average molecular weight is 276 g/mol. The summed E-state index contributed by atoms with van der Waals surface area (Å²) < 4.78 is 12.4. The molecule has 1 atom stereocenters. The number of methoxy groups -OCH3 is 2. The number of hydrogen-bond donors (Lipinski definition) is 1. The van der Waals surface area contributed by atoms with Crippen molar-refractivity contribution in [1.82, 2.24) is 9.78 Å².